The Labute approximate surface area is 117 Å². The van der Waals surface area contributed by atoms with Crippen LogP contribution in [0, 0.1) is 0 Å². The van der Waals surface area contributed by atoms with Crippen LogP contribution in [0.4, 0.5) is 0 Å². The summed E-state index contributed by atoms with van der Waals surface area (Å²) in [5, 5.41) is 18.6. The van der Waals surface area contributed by atoms with E-state index in [1.807, 2.05) is 6.07 Å². The average molecular weight is 272 g/mol. The first-order valence-electron chi connectivity index (χ1n) is 6.39. The summed E-state index contributed by atoms with van der Waals surface area (Å²) in [5.74, 6) is 0.130. The molecule has 0 spiro atoms. The van der Waals surface area contributed by atoms with E-state index >= 15 is 0 Å². The van der Waals surface area contributed by atoms with Gasteiger partial charge < -0.3 is 14.9 Å². The maximum atomic E-state index is 12.2. The number of aliphatic hydroxyl groups is 1. The summed E-state index contributed by atoms with van der Waals surface area (Å²) in [4.78, 5) is 12.2. The summed E-state index contributed by atoms with van der Waals surface area (Å²) >= 11 is 0. The highest BCUT2D eigenvalue weighted by Gasteiger charge is 2.13. The van der Waals surface area contributed by atoms with Gasteiger partial charge in [-0.3, -0.25) is 4.79 Å². The van der Waals surface area contributed by atoms with Crippen molar-refractivity contribution in [1.82, 2.24) is 0 Å². The number of rotatable bonds is 6. The van der Waals surface area contributed by atoms with Crippen molar-refractivity contribution in [3.05, 3.63) is 59.7 Å². The minimum absolute atomic E-state index is 0.0521. The third kappa shape index (κ3) is 3.36. The molecule has 0 aliphatic carbocycles. The lowest BCUT2D eigenvalue weighted by Gasteiger charge is -2.08. The Hall–Kier alpha value is -2.33. The third-order valence-electron chi connectivity index (χ3n) is 2.82. The van der Waals surface area contributed by atoms with E-state index < -0.39 is 0 Å². The molecule has 0 saturated carbocycles. The Morgan fingerprint density at radius 3 is 2.50 bits per heavy atom. The minimum atomic E-state index is -0.231. The van der Waals surface area contributed by atoms with E-state index in [0.717, 1.165) is 0 Å². The number of aromatic hydroxyl groups is 1. The molecular formula is C16H16O4. The number of phenols is 1. The molecule has 2 rings (SSSR count). The third-order valence-corrected chi connectivity index (χ3v) is 2.82. The fourth-order valence-corrected chi connectivity index (χ4v) is 1.79. The van der Waals surface area contributed by atoms with Crippen molar-refractivity contribution in [3.8, 4) is 11.5 Å². The van der Waals surface area contributed by atoms with Gasteiger partial charge in [-0.05, 0) is 12.1 Å². The standard InChI is InChI=1S/C16H16O4/c17-9-4-10-20-13-7-8-14(15(18)11-13)16(19)12-5-2-1-3-6-12/h1-3,5-8,11,17-18H,4,9-10H2. The quantitative estimate of drug-likeness (QED) is 0.626. The van der Waals surface area contributed by atoms with Gasteiger partial charge in [0.1, 0.15) is 11.5 Å². The molecule has 0 fully saturated rings. The van der Waals surface area contributed by atoms with Gasteiger partial charge in [-0.2, -0.15) is 0 Å². The lowest BCUT2D eigenvalue weighted by molar-refractivity contribution is 0.103. The normalized spacial score (nSPS) is 10.2. The Kier molecular flexibility index (Phi) is 4.74. The summed E-state index contributed by atoms with van der Waals surface area (Å²) in [6.45, 7) is 0.415. The molecule has 0 aliphatic rings. The van der Waals surface area contributed by atoms with Crippen molar-refractivity contribution in [2.45, 2.75) is 6.42 Å². The summed E-state index contributed by atoms with van der Waals surface area (Å²) in [7, 11) is 0. The maximum absolute atomic E-state index is 12.2. The van der Waals surface area contributed by atoms with Crippen molar-refractivity contribution in [2.75, 3.05) is 13.2 Å². The molecule has 2 N–H and O–H groups in total. The first-order chi connectivity index (χ1) is 9.72. The van der Waals surface area contributed by atoms with E-state index in [2.05, 4.69) is 0 Å². The molecule has 2 aromatic rings. The molecule has 0 saturated heterocycles. The zero-order chi connectivity index (χ0) is 14.4. The molecule has 0 bridgehead atoms. The number of aliphatic hydroxyl groups excluding tert-OH is 1. The van der Waals surface area contributed by atoms with Crippen LogP contribution in [0.25, 0.3) is 0 Å². The van der Waals surface area contributed by atoms with Gasteiger partial charge >= 0.3 is 0 Å². The van der Waals surface area contributed by atoms with Crippen LogP contribution in [-0.2, 0) is 0 Å². The summed E-state index contributed by atoms with van der Waals surface area (Å²) in [6, 6.07) is 13.4. The van der Waals surface area contributed by atoms with Crippen molar-refractivity contribution < 1.29 is 19.7 Å². The fraction of sp³-hybridized carbons (Fsp3) is 0.188. The molecule has 2 aromatic carbocycles. The SMILES string of the molecule is O=C(c1ccccc1)c1ccc(OCCCO)cc1O. The Bertz CT molecular complexity index is 578. The van der Waals surface area contributed by atoms with Crippen molar-refractivity contribution in [1.29, 1.82) is 0 Å². The number of hydrogen-bond acceptors (Lipinski definition) is 4. The van der Waals surface area contributed by atoms with Gasteiger partial charge in [-0.25, -0.2) is 0 Å². The summed E-state index contributed by atoms with van der Waals surface area (Å²) < 4.78 is 5.34. The molecule has 0 unspecified atom stereocenters. The average Bonchev–Trinajstić information content (AvgIpc) is 2.48. The van der Waals surface area contributed by atoms with E-state index in [0.29, 0.717) is 24.3 Å². The number of carbonyl (C=O) groups is 1. The van der Waals surface area contributed by atoms with Crippen LogP contribution < -0.4 is 4.74 Å². The largest absolute Gasteiger partial charge is 0.507 e. The number of phenolic OH excluding ortho intramolecular Hbond substituents is 1. The molecule has 20 heavy (non-hydrogen) atoms. The number of hydrogen-bond donors (Lipinski definition) is 2. The molecule has 4 heteroatoms. The van der Waals surface area contributed by atoms with Crippen LogP contribution in [0.2, 0.25) is 0 Å². The number of carbonyl (C=O) groups excluding carboxylic acids is 1. The van der Waals surface area contributed by atoms with Gasteiger partial charge in [0, 0.05) is 24.7 Å². The molecule has 4 nitrogen and oxygen atoms in total. The van der Waals surface area contributed by atoms with E-state index in [1.165, 1.54) is 6.07 Å². The Morgan fingerprint density at radius 2 is 1.85 bits per heavy atom. The van der Waals surface area contributed by atoms with E-state index in [4.69, 9.17) is 9.84 Å². The Morgan fingerprint density at radius 1 is 1.10 bits per heavy atom. The summed E-state index contributed by atoms with van der Waals surface area (Å²) in [5.41, 5.74) is 0.766. The molecule has 0 aromatic heterocycles. The predicted molar refractivity (Wildman–Crippen MR) is 75.2 cm³/mol. The van der Waals surface area contributed by atoms with Gasteiger partial charge in [0.2, 0.25) is 0 Å². The van der Waals surface area contributed by atoms with Crippen LogP contribution in [0.3, 0.4) is 0 Å². The number of benzene rings is 2. The van der Waals surface area contributed by atoms with Gasteiger partial charge in [0.05, 0.1) is 12.2 Å². The molecule has 0 amide bonds. The zero-order valence-electron chi connectivity index (χ0n) is 11.0. The second kappa shape index (κ2) is 6.73. The topological polar surface area (TPSA) is 66.8 Å². The second-order valence-electron chi connectivity index (χ2n) is 4.30. The van der Waals surface area contributed by atoms with Crippen LogP contribution in [0.1, 0.15) is 22.3 Å². The van der Waals surface area contributed by atoms with Gasteiger partial charge in [-0.1, -0.05) is 30.3 Å². The molecule has 0 aliphatic heterocycles. The highest BCUT2D eigenvalue weighted by molar-refractivity contribution is 6.10. The van der Waals surface area contributed by atoms with E-state index in [9.17, 15) is 9.90 Å². The molecule has 0 heterocycles. The highest BCUT2D eigenvalue weighted by Crippen LogP contribution is 2.25. The van der Waals surface area contributed by atoms with E-state index in [-0.39, 0.29) is 23.7 Å². The first kappa shape index (κ1) is 14.1. The highest BCUT2D eigenvalue weighted by atomic mass is 16.5. The monoisotopic (exact) mass is 272 g/mol. The van der Waals surface area contributed by atoms with Crippen LogP contribution >= 0.6 is 0 Å². The number of ketones is 1. The fourth-order valence-electron chi connectivity index (χ4n) is 1.79. The summed E-state index contributed by atoms with van der Waals surface area (Å²) in [6.07, 6.45) is 0.519. The van der Waals surface area contributed by atoms with Crippen molar-refractivity contribution >= 4 is 5.78 Å². The van der Waals surface area contributed by atoms with Gasteiger partial charge in [0.25, 0.3) is 0 Å². The second-order valence-corrected chi connectivity index (χ2v) is 4.30. The predicted octanol–water partition coefficient (Wildman–Crippen LogP) is 2.38. The maximum Gasteiger partial charge on any atom is 0.196 e. The number of ether oxygens (including phenoxy) is 1. The van der Waals surface area contributed by atoms with E-state index in [1.54, 1.807) is 36.4 Å². The van der Waals surface area contributed by atoms with Crippen molar-refractivity contribution in [3.63, 3.8) is 0 Å². The molecule has 0 radical (unpaired) electrons. The smallest absolute Gasteiger partial charge is 0.196 e. The molecule has 0 atom stereocenters. The van der Waals surface area contributed by atoms with Crippen LogP contribution in [0.15, 0.2) is 48.5 Å². The molecule has 104 valence electrons. The minimum Gasteiger partial charge on any atom is -0.507 e. The Balaban J connectivity index is 2.15. The molecular weight excluding hydrogens is 256 g/mol. The van der Waals surface area contributed by atoms with Gasteiger partial charge in [0.15, 0.2) is 5.78 Å². The van der Waals surface area contributed by atoms with Crippen LogP contribution in [0.5, 0.6) is 11.5 Å². The zero-order valence-corrected chi connectivity index (χ0v) is 11.0. The lowest BCUT2D eigenvalue weighted by atomic mass is 10.0. The lowest BCUT2D eigenvalue weighted by Crippen LogP contribution is -2.03. The van der Waals surface area contributed by atoms with Crippen molar-refractivity contribution in [2.24, 2.45) is 0 Å². The first-order valence-corrected chi connectivity index (χ1v) is 6.39. The van der Waals surface area contributed by atoms with Crippen LogP contribution in [-0.4, -0.2) is 29.2 Å². The van der Waals surface area contributed by atoms with Gasteiger partial charge in [-0.15, -0.1) is 0 Å².